The van der Waals surface area contributed by atoms with Crippen LogP contribution in [-0.4, -0.2) is 29.8 Å². The summed E-state index contributed by atoms with van der Waals surface area (Å²) in [5.41, 5.74) is 0.361. The molecular formula is C12H13ClFN3O. The number of imidazole rings is 1. The highest BCUT2D eigenvalue weighted by molar-refractivity contribution is 6.30. The molecule has 4 nitrogen and oxygen atoms in total. The summed E-state index contributed by atoms with van der Waals surface area (Å²) in [5.74, 6) is 0.195. The molecule has 1 aromatic heterocycles. The monoisotopic (exact) mass is 269 g/mol. The van der Waals surface area contributed by atoms with Crippen LogP contribution < -0.4 is 5.32 Å². The molecule has 1 N–H and O–H groups in total. The number of benzene rings is 1. The maximum atomic E-state index is 13.7. The molecule has 1 aromatic carbocycles. The van der Waals surface area contributed by atoms with E-state index in [1.54, 1.807) is 30.1 Å². The van der Waals surface area contributed by atoms with E-state index in [1.165, 1.54) is 12.1 Å². The fraction of sp³-hybridized carbons (Fsp3) is 0.250. The molecule has 2 aromatic rings. The maximum Gasteiger partial charge on any atom is 0.207 e. The van der Waals surface area contributed by atoms with E-state index in [-0.39, 0.29) is 5.82 Å². The van der Waals surface area contributed by atoms with E-state index in [0.717, 1.165) is 0 Å². The second-order valence-corrected chi connectivity index (χ2v) is 4.07. The normalized spacial score (nSPS) is 10.6. The average molecular weight is 270 g/mol. The SMILES string of the molecule is COCCNc1nccn1-c1cc(Cl)ccc1F. The van der Waals surface area contributed by atoms with Crippen molar-refractivity contribution in [1.82, 2.24) is 9.55 Å². The number of ether oxygens (including phenoxy) is 1. The summed E-state index contributed by atoms with van der Waals surface area (Å²) in [7, 11) is 1.62. The summed E-state index contributed by atoms with van der Waals surface area (Å²) in [6, 6.07) is 4.39. The molecule has 0 saturated carbocycles. The van der Waals surface area contributed by atoms with Gasteiger partial charge in [0.1, 0.15) is 5.82 Å². The van der Waals surface area contributed by atoms with Crippen LogP contribution in [0, 0.1) is 5.82 Å². The van der Waals surface area contributed by atoms with Gasteiger partial charge in [0.2, 0.25) is 5.95 Å². The third kappa shape index (κ3) is 2.80. The molecule has 0 unspecified atom stereocenters. The first-order chi connectivity index (χ1) is 8.72. The number of hydrogen-bond acceptors (Lipinski definition) is 3. The Morgan fingerprint density at radius 2 is 2.33 bits per heavy atom. The lowest BCUT2D eigenvalue weighted by Gasteiger charge is -2.10. The Morgan fingerprint density at radius 1 is 1.50 bits per heavy atom. The van der Waals surface area contributed by atoms with Gasteiger partial charge < -0.3 is 10.1 Å². The number of anilines is 1. The van der Waals surface area contributed by atoms with Crippen LogP contribution in [0.25, 0.3) is 5.69 Å². The van der Waals surface area contributed by atoms with E-state index in [0.29, 0.717) is 29.8 Å². The molecule has 18 heavy (non-hydrogen) atoms. The van der Waals surface area contributed by atoms with Crippen LogP contribution in [-0.2, 0) is 4.74 Å². The van der Waals surface area contributed by atoms with E-state index in [9.17, 15) is 4.39 Å². The van der Waals surface area contributed by atoms with Crippen LogP contribution in [0.15, 0.2) is 30.6 Å². The van der Waals surface area contributed by atoms with Gasteiger partial charge in [-0.25, -0.2) is 9.37 Å². The summed E-state index contributed by atoms with van der Waals surface area (Å²) >= 11 is 5.87. The van der Waals surface area contributed by atoms with E-state index >= 15 is 0 Å². The summed E-state index contributed by atoms with van der Waals surface area (Å²) < 4.78 is 20.3. The van der Waals surface area contributed by atoms with Crippen molar-refractivity contribution in [3.05, 3.63) is 41.4 Å². The van der Waals surface area contributed by atoms with E-state index in [1.807, 2.05) is 0 Å². The lowest BCUT2D eigenvalue weighted by Crippen LogP contribution is -2.12. The Balaban J connectivity index is 2.27. The van der Waals surface area contributed by atoms with Gasteiger partial charge in [-0.3, -0.25) is 4.57 Å². The van der Waals surface area contributed by atoms with Crippen molar-refractivity contribution >= 4 is 17.5 Å². The van der Waals surface area contributed by atoms with Crippen LogP contribution in [0.2, 0.25) is 5.02 Å². The predicted octanol–water partition coefficient (Wildman–Crippen LogP) is 2.72. The molecule has 1 heterocycles. The summed E-state index contributed by atoms with van der Waals surface area (Å²) in [5, 5.41) is 3.53. The summed E-state index contributed by atoms with van der Waals surface area (Å²) in [6.07, 6.45) is 3.26. The molecule has 0 spiro atoms. The Kier molecular flexibility index (Phi) is 4.17. The van der Waals surface area contributed by atoms with Gasteiger partial charge in [-0.15, -0.1) is 0 Å². The Bertz CT molecular complexity index is 530. The quantitative estimate of drug-likeness (QED) is 0.849. The Hall–Kier alpha value is -1.59. The molecule has 0 bridgehead atoms. The molecule has 96 valence electrons. The number of rotatable bonds is 5. The lowest BCUT2D eigenvalue weighted by molar-refractivity contribution is 0.210. The molecule has 0 atom stereocenters. The van der Waals surface area contributed by atoms with Gasteiger partial charge in [0, 0.05) is 31.1 Å². The van der Waals surface area contributed by atoms with Crippen LogP contribution in [0.4, 0.5) is 10.3 Å². The van der Waals surface area contributed by atoms with Crippen LogP contribution in [0.3, 0.4) is 0 Å². The van der Waals surface area contributed by atoms with E-state index in [4.69, 9.17) is 16.3 Å². The fourth-order valence-electron chi connectivity index (χ4n) is 1.56. The van der Waals surface area contributed by atoms with Gasteiger partial charge in [0.05, 0.1) is 12.3 Å². The minimum absolute atomic E-state index is 0.354. The van der Waals surface area contributed by atoms with Crippen LogP contribution >= 0.6 is 11.6 Å². The smallest absolute Gasteiger partial charge is 0.207 e. The Morgan fingerprint density at radius 3 is 3.11 bits per heavy atom. The first kappa shape index (κ1) is 12.9. The highest BCUT2D eigenvalue weighted by Crippen LogP contribution is 2.21. The minimum atomic E-state index is -0.354. The van der Waals surface area contributed by atoms with Gasteiger partial charge in [0.15, 0.2) is 0 Å². The standard InChI is InChI=1S/C12H13ClFN3O/c1-18-7-5-16-12-15-4-6-17(12)11-8-9(13)2-3-10(11)14/h2-4,6,8H,5,7H2,1H3,(H,15,16). The number of nitrogens with zero attached hydrogens (tertiary/aromatic N) is 2. The topological polar surface area (TPSA) is 39.1 Å². The van der Waals surface area contributed by atoms with Crippen molar-refractivity contribution in [3.63, 3.8) is 0 Å². The highest BCUT2D eigenvalue weighted by atomic mass is 35.5. The molecule has 2 rings (SSSR count). The number of halogens is 2. The third-order valence-corrected chi connectivity index (χ3v) is 2.63. The molecule has 0 amide bonds. The molecule has 0 aliphatic heterocycles. The molecule has 6 heteroatoms. The third-order valence-electron chi connectivity index (χ3n) is 2.40. The van der Waals surface area contributed by atoms with Gasteiger partial charge in [-0.05, 0) is 18.2 Å². The molecule has 0 aliphatic rings. The van der Waals surface area contributed by atoms with Crippen molar-refractivity contribution in [1.29, 1.82) is 0 Å². The first-order valence-corrected chi connectivity index (χ1v) is 5.81. The summed E-state index contributed by atoms with van der Waals surface area (Å²) in [4.78, 5) is 4.12. The number of nitrogens with one attached hydrogen (secondary N) is 1. The number of aromatic nitrogens is 2. The number of methoxy groups -OCH3 is 1. The molecule has 0 radical (unpaired) electrons. The van der Waals surface area contributed by atoms with Gasteiger partial charge in [-0.1, -0.05) is 11.6 Å². The zero-order valence-corrected chi connectivity index (χ0v) is 10.6. The zero-order chi connectivity index (χ0) is 13.0. The van der Waals surface area contributed by atoms with Crippen molar-refractivity contribution < 1.29 is 9.13 Å². The summed E-state index contributed by atoms with van der Waals surface area (Å²) in [6.45, 7) is 1.14. The molecule has 0 saturated heterocycles. The predicted molar refractivity (Wildman–Crippen MR) is 68.9 cm³/mol. The lowest BCUT2D eigenvalue weighted by atomic mass is 10.3. The van der Waals surface area contributed by atoms with Crippen molar-refractivity contribution in [3.8, 4) is 5.69 Å². The number of hydrogen-bond donors (Lipinski definition) is 1. The highest BCUT2D eigenvalue weighted by Gasteiger charge is 2.09. The Labute approximate surface area is 109 Å². The van der Waals surface area contributed by atoms with E-state index < -0.39 is 0 Å². The van der Waals surface area contributed by atoms with Gasteiger partial charge >= 0.3 is 0 Å². The second-order valence-electron chi connectivity index (χ2n) is 3.64. The molecule has 0 fully saturated rings. The second kappa shape index (κ2) is 5.84. The zero-order valence-electron chi connectivity index (χ0n) is 9.86. The van der Waals surface area contributed by atoms with Gasteiger partial charge in [-0.2, -0.15) is 0 Å². The van der Waals surface area contributed by atoms with Crippen LogP contribution in [0.5, 0.6) is 0 Å². The average Bonchev–Trinajstić information content (AvgIpc) is 2.81. The van der Waals surface area contributed by atoms with Crippen molar-refractivity contribution in [2.45, 2.75) is 0 Å². The fourth-order valence-corrected chi connectivity index (χ4v) is 1.73. The van der Waals surface area contributed by atoms with Crippen molar-refractivity contribution in [2.24, 2.45) is 0 Å². The van der Waals surface area contributed by atoms with Crippen molar-refractivity contribution in [2.75, 3.05) is 25.6 Å². The first-order valence-electron chi connectivity index (χ1n) is 5.44. The minimum Gasteiger partial charge on any atom is -0.383 e. The van der Waals surface area contributed by atoms with Crippen LogP contribution in [0.1, 0.15) is 0 Å². The van der Waals surface area contributed by atoms with Gasteiger partial charge in [0.25, 0.3) is 0 Å². The van der Waals surface area contributed by atoms with E-state index in [2.05, 4.69) is 10.3 Å². The largest absolute Gasteiger partial charge is 0.383 e. The molecular weight excluding hydrogens is 257 g/mol. The maximum absolute atomic E-state index is 13.7. The molecule has 0 aliphatic carbocycles.